The SMILES string of the molecule is C[C@@H]1C[NH+](CCOc2ccc(F)cc2)C[C@H](C)O1. The quantitative estimate of drug-likeness (QED) is 0.862. The number of nitrogens with one attached hydrogen (secondary N) is 1. The van der Waals surface area contributed by atoms with Crippen LogP contribution in [0.1, 0.15) is 13.8 Å². The highest BCUT2D eigenvalue weighted by molar-refractivity contribution is 5.21. The van der Waals surface area contributed by atoms with Crippen LogP contribution in [-0.4, -0.2) is 38.4 Å². The number of quaternary nitrogens is 1. The third-order valence-corrected chi connectivity index (χ3v) is 3.15. The lowest BCUT2D eigenvalue weighted by molar-refractivity contribution is -0.915. The molecule has 0 radical (unpaired) electrons. The van der Waals surface area contributed by atoms with Crippen molar-refractivity contribution in [2.24, 2.45) is 0 Å². The summed E-state index contributed by atoms with van der Waals surface area (Å²) in [5, 5.41) is 0. The number of ether oxygens (including phenoxy) is 2. The maximum Gasteiger partial charge on any atom is 0.137 e. The normalized spacial score (nSPS) is 28.1. The predicted octanol–water partition coefficient (Wildman–Crippen LogP) is 0.897. The molecule has 1 aromatic carbocycles. The smallest absolute Gasteiger partial charge is 0.137 e. The summed E-state index contributed by atoms with van der Waals surface area (Å²) in [6.45, 7) is 7.87. The Hall–Kier alpha value is -1.13. The van der Waals surface area contributed by atoms with E-state index in [4.69, 9.17) is 9.47 Å². The van der Waals surface area contributed by atoms with E-state index in [1.165, 1.54) is 17.0 Å². The molecule has 4 heteroatoms. The summed E-state index contributed by atoms with van der Waals surface area (Å²) in [7, 11) is 0. The minimum absolute atomic E-state index is 0.233. The molecule has 1 N–H and O–H groups in total. The molecule has 0 bridgehead atoms. The Morgan fingerprint density at radius 1 is 1.22 bits per heavy atom. The Morgan fingerprint density at radius 3 is 2.44 bits per heavy atom. The summed E-state index contributed by atoms with van der Waals surface area (Å²) < 4.78 is 24.0. The zero-order valence-electron chi connectivity index (χ0n) is 11.0. The van der Waals surface area contributed by atoms with E-state index < -0.39 is 0 Å². The summed E-state index contributed by atoms with van der Waals surface area (Å²) in [5.41, 5.74) is 0. The lowest BCUT2D eigenvalue weighted by Crippen LogP contribution is -3.16. The van der Waals surface area contributed by atoms with Gasteiger partial charge in [0.25, 0.3) is 0 Å². The van der Waals surface area contributed by atoms with E-state index in [9.17, 15) is 4.39 Å². The van der Waals surface area contributed by atoms with E-state index in [1.54, 1.807) is 12.1 Å². The van der Waals surface area contributed by atoms with Crippen LogP contribution >= 0.6 is 0 Å². The molecular formula is C14H21FNO2+. The zero-order valence-corrected chi connectivity index (χ0v) is 11.0. The van der Waals surface area contributed by atoms with Crippen molar-refractivity contribution in [3.8, 4) is 5.75 Å². The molecule has 0 aliphatic carbocycles. The van der Waals surface area contributed by atoms with E-state index in [-0.39, 0.29) is 5.82 Å². The van der Waals surface area contributed by atoms with Crippen LogP contribution in [0.2, 0.25) is 0 Å². The molecule has 1 fully saturated rings. The first-order valence-electron chi connectivity index (χ1n) is 6.51. The molecule has 2 rings (SSSR count). The molecule has 1 aromatic rings. The van der Waals surface area contributed by atoms with Gasteiger partial charge < -0.3 is 14.4 Å². The van der Waals surface area contributed by atoms with Gasteiger partial charge in [-0.05, 0) is 38.1 Å². The maximum atomic E-state index is 12.7. The maximum absolute atomic E-state index is 12.7. The van der Waals surface area contributed by atoms with Gasteiger partial charge in [-0.3, -0.25) is 0 Å². The van der Waals surface area contributed by atoms with E-state index >= 15 is 0 Å². The van der Waals surface area contributed by atoms with Crippen molar-refractivity contribution in [2.75, 3.05) is 26.2 Å². The summed E-state index contributed by atoms with van der Waals surface area (Å²) >= 11 is 0. The van der Waals surface area contributed by atoms with Gasteiger partial charge in [0.2, 0.25) is 0 Å². The number of rotatable bonds is 4. The minimum Gasteiger partial charge on any atom is -0.488 e. The fraction of sp³-hybridized carbons (Fsp3) is 0.571. The Labute approximate surface area is 107 Å². The van der Waals surface area contributed by atoms with Gasteiger partial charge in [-0.1, -0.05) is 0 Å². The van der Waals surface area contributed by atoms with Gasteiger partial charge in [0.15, 0.2) is 0 Å². The van der Waals surface area contributed by atoms with Crippen LogP contribution in [-0.2, 0) is 4.74 Å². The predicted molar refractivity (Wildman–Crippen MR) is 67.5 cm³/mol. The number of benzene rings is 1. The highest BCUT2D eigenvalue weighted by Gasteiger charge is 2.25. The molecule has 3 nitrogen and oxygen atoms in total. The molecule has 18 heavy (non-hydrogen) atoms. The van der Waals surface area contributed by atoms with Crippen molar-refractivity contribution in [1.82, 2.24) is 0 Å². The summed E-state index contributed by atoms with van der Waals surface area (Å²) in [6.07, 6.45) is 0.629. The second-order valence-electron chi connectivity index (χ2n) is 4.97. The first kappa shape index (κ1) is 13.3. The van der Waals surface area contributed by atoms with Gasteiger partial charge in [-0.15, -0.1) is 0 Å². The molecule has 1 aliphatic rings. The Kier molecular flexibility index (Phi) is 4.55. The van der Waals surface area contributed by atoms with Crippen molar-refractivity contribution < 1.29 is 18.8 Å². The van der Waals surface area contributed by atoms with Crippen molar-refractivity contribution in [2.45, 2.75) is 26.1 Å². The highest BCUT2D eigenvalue weighted by atomic mass is 19.1. The van der Waals surface area contributed by atoms with Gasteiger partial charge in [0.1, 0.15) is 50.0 Å². The third kappa shape index (κ3) is 3.96. The Morgan fingerprint density at radius 2 is 1.83 bits per heavy atom. The van der Waals surface area contributed by atoms with Crippen LogP contribution in [0.3, 0.4) is 0 Å². The molecule has 3 atom stereocenters. The van der Waals surface area contributed by atoms with Crippen molar-refractivity contribution in [3.63, 3.8) is 0 Å². The van der Waals surface area contributed by atoms with Crippen LogP contribution in [0, 0.1) is 5.82 Å². The lowest BCUT2D eigenvalue weighted by atomic mass is 10.2. The molecule has 0 aromatic heterocycles. The second-order valence-corrected chi connectivity index (χ2v) is 4.97. The largest absolute Gasteiger partial charge is 0.488 e. The first-order valence-corrected chi connectivity index (χ1v) is 6.51. The summed E-state index contributed by atoms with van der Waals surface area (Å²) in [6, 6.07) is 6.16. The minimum atomic E-state index is -0.233. The van der Waals surface area contributed by atoms with E-state index in [0.717, 1.165) is 25.4 Å². The Bertz CT molecular complexity index is 359. The third-order valence-electron chi connectivity index (χ3n) is 3.15. The van der Waals surface area contributed by atoms with Crippen LogP contribution in [0.4, 0.5) is 4.39 Å². The number of morpholine rings is 1. The van der Waals surface area contributed by atoms with E-state index in [0.29, 0.717) is 18.8 Å². The molecule has 1 aliphatic heterocycles. The average Bonchev–Trinajstić information content (AvgIpc) is 2.30. The number of hydrogen-bond acceptors (Lipinski definition) is 2. The van der Waals surface area contributed by atoms with Crippen LogP contribution in [0.5, 0.6) is 5.75 Å². The molecule has 1 heterocycles. The van der Waals surface area contributed by atoms with E-state index in [2.05, 4.69) is 13.8 Å². The summed E-state index contributed by atoms with van der Waals surface area (Å²) in [4.78, 5) is 1.50. The topological polar surface area (TPSA) is 22.9 Å². The van der Waals surface area contributed by atoms with Crippen LogP contribution < -0.4 is 9.64 Å². The Balaban J connectivity index is 1.73. The molecule has 100 valence electrons. The fourth-order valence-corrected chi connectivity index (χ4v) is 2.44. The van der Waals surface area contributed by atoms with Crippen molar-refractivity contribution >= 4 is 0 Å². The fourth-order valence-electron chi connectivity index (χ4n) is 2.44. The molecule has 0 saturated carbocycles. The molecule has 1 unspecified atom stereocenters. The van der Waals surface area contributed by atoms with Gasteiger partial charge in [-0.2, -0.15) is 0 Å². The molecular weight excluding hydrogens is 233 g/mol. The second kappa shape index (κ2) is 6.16. The zero-order chi connectivity index (χ0) is 13.0. The lowest BCUT2D eigenvalue weighted by Gasteiger charge is -2.32. The van der Waals surface area contributed by atoms with Crippen LogP contribution in [0.15, 0.2) is 24.3 Å². The first-order chi connectivity index (χ1) is 8.63. The van der Waals surface area contributed by atoms with Gasteiger partial charge in [0.05, 0.1) is 0 Å². The molecule has 1 saturated heterocycles. The number of halogens is 1. The van der Waals surface area contributed by atoms with Crippen LogP contribution in [0.25, 0.3) is 0 Å². The van der Waals surface area contributed by atoms with Gasteiger partial charge in [0, 0.05) is 0 Å². The molecule has 0 amide bonds. The number of hydrogen-bond donors (Lipinski definition) is 1. The van der Waals surface area contributed by atoms with Gasteiger partial charge >= 0.3 is 0 Å². The average molecular weight is 254 g/mol. The summed E-state index contributed by atoms with van der Waals surface area (Å²) in [5.74, 6) is 0.494. The van der Waals surface area contributed by atoms with Crippen molar-refractivity contribution in [1.29, 1.82) is 0 Å². The highest BCUT2D eigenvalue weighted by Crippen LogP contribution is 2.10. The van der Waals surface area contributed by atoms with Gasteiger partial charge in [-0.25, -0.2) is 4.39 Å². The molecule has 0 spiro atoms. The monoisotopic (exact) mass is 254 g/mol. The standard InChI is InChI=1S/C14H20FNO2/c1-11-9-16(10-12(2)18-11)7-8-17-14-5-3-13(15)4-6-14/h3-6,11-12H,7-10H2,1-2H3/p+1/t11-,12+. The van der Waals surface area contributed by atoms with E-state index in [1.807, 2.05) is 0 Å². The van der Waals surface area contributed by atoms with Crippen molar-refractivity contribution in [3.05, 3.63) is 30.1 Å².